The average molecular weight is 278 g/mol. The van der Waals surface area contributed by atoms with Gasteiger partial charge >= 0.3 is 0 Å². The minimum Gasteiger partial charge on any atom is -0.331 e. The zero-order chi connectivity index (χ0) is 14.4. The number of piperidine rings is 1. The molecule has 4 heteroatoms. The van der Waals surface area contributed by atoms with E-state index < -0.39 is 0 Å². The predicted molar refractivity (Wildman–Crippen MR) is 83.8 cm³/mol. The molecule has 0 aromatic carbocycles. The second kappa shape index (κ2) is 7.79. The summed E-state index contributed by atoms with van der Waals surface area (Å²) in [5, 5.41) is 3.66. The third-order valence-corrected chi connectivity index (χ3v) is 4.12. The Labute approximate surface area is 123 Å². The molecule has 0 spiro atoms. The number of nitrogens with zero attached hydrogens (tertiary/aromatic N) is 3. The van der Waals surface area contributed by atoms with Gasteiger partial charge in [-0.05, 0) is 46.2 Å². The van der Waals surface area contributed by atoms with Gasteiger partial charge in [-0.25, -0.2) is 4.98 Å². The van der Waals surface area contributed by atoms with Crippen molar-refractivity contribution in [3.05, 3.63) is 18.2 Å². The largest absolute Gasteiger partial charge is 0.331 e. The van der Waals surface area contributed by atoms with E-state index in [1.807, 2.05) is 12.5 Å². The summed E-state index contributed by atoms with van der Waals surface area (Å²) in [5.41, 5.74) is 1.34. The van der Waals surface area contributed by atoms with Gasteiger partial charge in [0.1, 0.15) is 0 Å². The van der Waals surface area contributed by atoms with Crippen molar-refractivity contribution in [3.8, 4) is 0 Å². The summed E-state index contributed by atoms with van der Waals surface area (Å²) in [6, 6.07) is 1.16. The second-order valence-electron chi connectivity index (χ2n) is 6.27. The lowest BCUT2D eigenvalue weighted by Crippen LogP contribution is -2.43. The third kappa shape index (κ3) is 4.32. The van der Waals surface area contributed by atoms with Crippen molar-refractivity contribution in [1.82, 2.24) is 19.8 Å². The van der Waals surface area contributed by atoms with Gasteiger partial charge < -0.3 is 9.88 Å². The van der Waals surface area contributed by atoms with E-state index in [9.17, 15) is 0 Å². The Morgan fingerprint density at radius 1 is 1.45 bits per heavy atom. The van der Waals surface area contributed by atoms with Crippen LogP contribution in [0.3, 0.4) is 0 Å². The predicted octanol–water partition coefficient (Wildman–Crippen LogP) is 2.82. The molecular formula is C16H30N4. The lowest BCUT2D eigenvalue weighted by atomic mass is 10.0. The molecule has 1 aromatic rings. The van der Waals surface area contributed by atoms with E-state index in [-0.39, 0.29) is 0 Å². The number of aromatic nitrogens is 2. The van der Waals surface area contributed by atoms with E-state index in [4.69, 9.17) is 0 Å². The first kappa shape index (κ1) is 15.5. The zero-order valence-corrected chi connectivity index (χ0v) is 13.3. The van der Waals surface area contributed by atoms with Crippen molar-refractivity contribution < 1.29 is 0 Å². The molecule has 1 aromatic heterocycles. The van der Waals surface area contributed by atoms with Crippen LogP contribution >= 0.6 is 0 Å². The molecule has 114 valence electrons. The monoisotopic (exact) mass is 278 g/mol. The topological polar surface area (TPSA) is 33.1 Å². The molecule has 1 aliphatic rings. The molecule has 2 rings (SSSR count). The molecule has 0 amide bonds. The van der Waals surface area contributed by atoms with Crippen LogP contribution in [-0.4, -0.2) is 40.1 Å². The first-order valence-electron chi connectivity index (χ1n) is 8.17. The highest BCUT2D eigenvalue weighted by molar-refractivity contribution is 5.00. The minimum atomic E-state index is 0.490. The number of hydrogen-bond donors (Lipinski definition) is 1. The summed E-state index contributed by atoms with van der Waals surface area (Å²) in [6.45, 7) is 11.2. The molecule has 0 aliphatic carbocycles. The van der Waals surface area contributed by atoms with Crippen LogP contribution in [0.4, 0.5) is 0 Å². The number of imidazole rings is 1. The van der Waals surface area contributed by atoms with Crippen LogP contribution in [0.2, 0.25) is 0 Å². The van der Waals surface area contributed by atoms with E-state index in [1.54, 1.807) is 0 Å². The van der Waals surface area contributed by atoms with Gasteiger partial charge in [0.2, 0.25) is 0 Å². The maximum Gasteiger partial charge on any atom is 0.0951 e. The second-order valence-corrected chi connectivity index (χ2v) is 6.27. The molecule has 1 fully saturated rings. The number of nitrogens with one attached hydrogen (secondary N) is 1. The number of hydrogen-bond acceptors (Lipinski definition) is 3. The summed E-state index contributed by atoms with van der Waals surface area (Å²) in [5.74, 6) is 0. The smallest absolute Gasteiger partial charge is 0.0951 e. The van der Waals surface area contributed by atoms with Gasteiger partial charge in [0.15, 0.2) is 0 Å². The van der Waals surface area contributed by atoms with E-state index >= 15 is 0 Å². The summed E-state index contributed by atoms with van der Waals surface area (Å²) >= 11 is 0. The first-order chi connectivity index (χ1) is 9.70. The molecule has 1 saturated heterocycles. The summed E-state index contributed by atoms with van der Waals surface area (Å²) < 4.78 is 2.29. The SMILES string of the molecule is CCCN(Cc1cncn1C(C)C)CC1CCCCN1. The Bertz CT molecular complexity index is 380. The number of rotatable bonds is 7. The average Bonchev–Trinajstić information content (AvgIpc) is 2.88. The van der Waals surface area contributed by atoms with Gasteiger partial charge in [0.05, 0.1) is 12.0 Å². The summed E-state index contributed by atoms with van der Waals surface area (Å²) in [4.78, 5) is 6.91. The van der Waals surface area contributed by atoms with Crippen LogP contribution in [0.15, 0.2) is 12.5 Å². The molecule has 2 heterocycles. The Hall–Kier alpha value is -0.870. The Morgan fingerprint density at radius 3 is 2.95 bits per heavy atom. The summed E-state index contributed by atoms with van der Waals surface area (Å²) in [7, 11) is 0. The lowest BCUT2D eigenvalue weighted by molar-refractivity contribution is 0.212. The molecule has 1 aliphatic heterocycles. The van der Waals surface area contributed by atoms with Crippen LogP contribution in [0.1, 0.15) is 58.2 Å². The van der Waals surface area contributed by atoms with E-state index in [0.717, 1.165) is 13.1 Å². The van der Waals surface area contributed by atoms with Gasteiger partial charge in [-0.3, -0.25) is 4.90 Å². The molecule has 0 saturated carbocycles. The molecule has 1 atom stereocenters. The molecular weight excluding hydrogens is 248 g/mol. The standard InChI is InChI=1S/C16H30N4/c1-4-9-19(11-15-7-5-6-8-18-15)12-16-10-17-13-20(16)14(2)3/h10,13-15,18H,4-9,11-12H2,1-3H3. The molecule has 0 bridgehead atoms. The van der Waals surface area contributed by atoms with Gasteiger partial charge in [-0.2, -0.15) is 0 Å². The van der Waals surface area contributed by atoms with Gasteiger partial charge in [-0.15, -0.1) is 0 Å². The highest BCUT2D eigenvalue weighted by Crippen LogP contribution is 2.14. The highest BCUT2D eigenvalue weighted by Gasteiger charge is 2.17. The molecule has 0 radical (unpaired) electrons. The van der Waals surface area contributed by atoms with Gasteiger partial charge in [0, 0.05) is 31.4 Å². The van der Waals surface area contributed by atoms with Crippen molar-refractivity contribution in [2.45, 2.75) is 65.1 Å². The summed E-state index contributed by atoms with van der Waals surface area (Å²) in [6.07, 6.45) is 9.23. The Morgan fingerprint density at radius 2 is 2.30 bits per heavy atom. The fraction of sp³-hybridized carbons (Fsp3) is 0.812. The molecule has 20 heavy (non-hydrogen) atoms. The first-order valence-corrected chi connectivity index (χ1v) is 8.17. The van der Waals surface area contributed by atoms with Crippen molar-refractivity contribution >= 4 is 0 Å². The maximum atomic E-state index is 4.32. The fourth-order valence-corrected chi connectivity index (χ4v) is 3.09. The van der Waals surface area contributed by atoms with Crippen LogP contribution in [-0.2, 0) is 6.54 Å². The van der Waals surface area contributed by atoms with Gasteiger partial charge in [-0.1, -0.05) is 13.3 Å². The van der Waals surface area contributed by atoms with Crippen molar-refractivity contribution in [2.24, 2.45) is 0 Å². The van der Waals surface area contributed by atoms with Crippen molar-refractivity contribution in [1.29, 1.82) is 0 Å². The minimum absolute atomic E-state index is 0.490. The van der Waals surface area contributed by atoms with Crippen LogP contribution in [0.5, 0.6) is 0 Å². The van der Waals surface area contributed by atoms with Crippen LogP contribution in [0, 0.1) is 0 Å². The highest BCUT2D eigenvalue weighted by atomic mass is 15.2. The third-order valence-electron chi connectivity index (χ3n) is 4.12. The normalized spacial score (nSPS) is 19.9. The van der Waals surface area contributed by atoms with Crippen LogP contribution in [0.25, 0.3) is 0 Å². The Balaban J connectivity index is 1.95. The van der Waals surface area contributed by atoms with E-state index in [0.29, 0.717) is 12.1 Å². The molecule has 1 unspecified atom stereocenters. The fourth-order valence-electron chi connectivity index (χ4n) is 3.09. The lowest BCUT2D eigenvalue weighted by Gasteiger charge is -2.30. The molecule has 4 nitrogen and oxygen atoms in total. The Kier molecular flexibility index (Phi) is 6.05. The maximum absolute atomic E-state index is 4.32. The quantitative estimate of drug-likeness (QED) is 0.832. The molecule has 1 N–H and O–H groups in total. The van der Waals surface area contributed by atoms with Crippen LogP contribution < -0.4 is 5.32 Å². The van der Waals surface area contributed by atoms with Crippen molar-refractivity contribution in [2.75, 3.05) is 19.6 Å². The zero-order valence-electron chi connectivity index (χ0n) is 13.3. The van der Waals surface area contributed by atoms with Crippen molar-refractivity contribution in [3.63, 3.8) is 0 Å². The van der Waals surface area contributed by atoms with E-state index in [2.05, 4.69) is 40.5 Å². The van der Waals surface area contributed by atoms with E-state index in [1.165, 1.54) is 44.5 Å². The van der Waals surface area contributed by atoms with Gasteiger partial charge in [0.25, 0.3) is 0 Å².